The Hall–Kier alpha value is -1.92. The fraction of sp³-hybridized carbons (Fsp3) is 0.133. The molecule has 0 aromatic heterocycles. The maximum atomic E-state index is 10.8. The van der Waals surface area contributed by atoms with E-state index in [4.69, 9.17) is 14.5 Å². The normalized spacial score (nSPS) is 10.1. The van der Waals surface area contributed by atoms with Gasteiger partial charge in [0.25, 0.3) is 0 Å². The third-order valence-corrected chi connectivity index (χ3v) is 3.04. The summed E-state index contributed by atoms with van der Waals surface area (Å²) in [6, 6.07) is 15.8. The second-order valence-electron chi connectivity index (χ2n) is 4.35. The van der Waals surface area contributed by atoms with E-state index >= 15 is 0 Å². The fourth-order valence-corrected chi connectivity index (χ4v) is 2.11. The monoisotopic (exact) mass is 355 g/mol. The largest absolute Gasteiger partial charge is 0.424 e. The van der Waals surface area contributed by atoms with Crippen molar-refractivity contribution < 1.29 is 23.8 Å². The van der Waals surface area contributed by atoms with Crippen molar-refractivity contribution in [3.8, 4) is 11.5 Å². The Labute approximate surface area is 139 Å². The van der Waals surface area contributed by atoms with Crippen molar-refractivity contribution in [2.45, 2.75) is 6.92 Å². The molecule has 6 nitrogen and oxygen atoms in total. The van der Waals surface area contributed by atoms with Crippen LogP contribution in [0.15, 0.2) is 54.6 Å². The van der Waals surface area contributed by atoms with Crippen LogP contribution in [0, 0.1) is 6.92 Å². The Morgan fingerprint density at radius 2 is 1.70 bits per heavy atom. The predicted molar refractivity (Wildman–Crippen MR) is 92.1 cm³/mol. The highest BCUT2D eigenvalue weighted by atomic mass is 32.5. The first-order valence-corrected chi connectivity index (χ1v) is 9.19. The number of aryl methyl sites for hydroxylation is 1. The summed E-state index contributed by atoms with van der Waals surface area (Å²) in [5, 5.41) is 2.37. The summed E-state index contributed by atoms with van der Waals surface area (Å²) in [6.45, 7) is -1.61. The first-order chi connectivity index (χ1) is 10.8. The average molecular weight is 355 g/mol. The molecule has 8 heteroatoms. The molecule has 0 saturated carbocycles. The van der Waals surface area contributed by atoms with Crippen LogP contribution in [0.2, 0.25) is 0 Å². The van der Waals surface area contributed by atoms with E-state index < -0.39 is 12.8 Å². The molecule has 124 valence electrons. The highest BCUT2D eigenvalue weighted by Crippen LogP contribution is 2.37. The van der Waals surface area contributed by atoms with E-state index in [1.54, 1.807) is 42.5 Å². The quantitative estimate of drug-likeness (QED) is 0.734. The summed E-state index contributed by atoms with van der Waals surface area (Å²) >= 11 is 4.27. The van der Waals surface area contributed by atoms with Gasteiger partial charge in [-0.05, 0) is 36.8 Å². The maximum absolute atomic E-state index is 10.8. The molecule has 2 aromatic rings. The molecule has 0 radical (unpaired) electrons. The molecule has 0 heterocycles. The SMILES string of the molecule is CNC(=O)Oc1cccc(C)c1.OP(O)(=S)Oc1ccccc1. The molecule has 0 saturated heterocycles. The standard InChI is InChI=1S/C9H11NO2.C6H7O3PS/c1-7-4-3-5-8(6-7)12-9(11)10-2;7-10(8,11)9-6-4-2-1-3-5-6/h3-6H,1-2H3,(H,10,11);1-5H,(H2,7,8,11). The van der Waals surface area contributed by atoms with Crippen LogP contribution in [0.5, 0.6) is 11.5 Å². The molecule has 0 aliphatic heterocycles. The summed E-state index contributed by atoms with van der Waals surface area (Å²) in [7, 11) is 1.53. The molecule has 2 aromatic carbocycles. The summed E-state index contributed by atoms with van der Waals surface area (Å²) in [5.74, 6) is 0.940. The minimum absolute atomic E-state index is 0.376. The molecule has 2 rings (SSSR count). The number of amides is 1. The third kappa shape index (κ3) is 8.95. The lowest BCUT2D eigenvalue weighted by Crippen LogP contribution is -2.21. The summed E-state index contributed by atoms with van der Waals surface area (Å²) in [6.07, 6.45) is -0.444. The summed E-state index contributed by atoms with van der Waals surface area (Å²) < 4.78 is 9.53. The number of carbonyl (C=O) groups excluding carboxylic acids is 1. The minimum Gasteiger partial charge on any atom is -0.424 e. The first kappa shape index (κ1) is 19.1. The van der Waals surface area contributed by atoms with Gasteiger partial charge in [0.15, 0.2) is 0 Å². The van der Waals surface area contributed by atoms with E-state index in [2.05, 4.69) is 21.6 Å². The number of benzene rings is 2. The number of hydrogen-bond acceptors (Lipinski definition) is 4. The van der Waals surface area contributed by atoms with E-state index in [-0.39, 0.29) is 0 Å². The van der Waals surface area contributed by atoms with Crippen LogP contribution in [-0.2, 0) is 11.8 Å². The molecular formula is C15H18NO5PS. The van der Waals surface area contributed by atoms with Crippen LogP contribution in [0.4, 0.5) is 4.79 Å². The lowest BCUT2D eigenvalue weighted by atomic mass is 10.2. The molecule has 0 bridgehead atoms. The van der Waals surface area contributed by atoms with Gasteiger partial charge < -0.3 is 24.4 Å². The van der Waals surface area contributed by atoms with Crippen LogP contribution in [0.1, 0.15) is 5.56 Å². The summed E-state index contributed by atoms with van der Waals surface area (Å²) in [5.41, 5.74) is 1.07. The minimum atomic E-state index is -3.55. The smallest absolute Gasteiger partial charge is 0.412 e. The van der Waals surface area contributed by atoms with Crippen molar-refractivity contribution in [2.24, 2.45) is 0 Å². The van der Waals surface area contributed by atoms with Gasteiger partial charge in [-0.25, -0.2) is 4.79 Å². The van der Waals surface area contributed by atoms with Gasteiger partial charge in [0, 0.05) is 18.9 Å². The zero-order valence-corrected chi connectivity index (χ0v) is 14.4. The van der Waals surface area contributed by atoms with Crippen molar-refractivity contribution in [1.29, 1.82) is 0 Å². The molecule has 0 unspecified atom stereocenters. The second-order valence-corrected chi connectivity index (χ2v) is 6.94. The predicted octanol–water partition coefficient (Wildman–Crippen LogP) is 2.99. The van der Waals surface area contributed by atoms with Crippen LogP contribution in [0.3, 0.4) is 0 Å². The zero-order chi connectivity index (χ0) is 17.3. The van der Waals surface area contributed by atoms with Gasteiger partial charge in [-0.15, -0.1) is 0 Å². The molecule has 0 spiro atoms. The van der Waals surface area contributed by atoms with Crippen molar-refractivity contribution in [1.82, 2.24) is 5.32 Å². The molecule has 0 atom stereocenters. The molecule has 1 amide bonds. The average Bonchev–Trinajstić information content (AvgIpc) is 2.47. The molecular weight excluding hydrogens is 337 g/mol. The summed E-state index contributed by atoms with van der Waals surface area (Å²) in [4.78, 5) is 28.2. The molecule has 3 N–H and O–H groups in total. The molecule has 0 aliphatic carbocycles. The Morgan fingerprint density at radius 1 is 1.09 bits per heavy atom. The van der Waals surface area contributed by atoms with E-state index in [1.807, 2.05) is 19.1 Å². The number of nitrogens with one attached hydrogen (secondary N) is 1. The third-order valence-electron chi connectivity index (χ3n) is 2.37. The highest BCUT2D eigenvalue weighted by Gasteiger charge is 2.08. The topological polar surface area (TPSA) is 88.0 Å². The molecule has 23 heavy (non-hydrogen) atoms. The Morgan fingerprint density at radius 3 is 2.22 bits per heavy atom. The fourth-order valence-electron chi connectivity index (χ4n) is 1.46. The number of ether oxygens (including phenoxy) is 1. The Bertz CT molecular complexity index is 675. The van der Waals surface area contributed by atoms with E-state index in [0.29, 0.717) is 11.5 Å². The van der Waals surface area contributed by atoms with Gasteiger partial charge in [0.1, 0.15) is 11.5 Å². The van der Waals surface area contributed by atoms with Gasteiger partial charge in [-0.2, -0.15) is 0 Å². The number of rotatable bonds is 3. The lowest BCUT2D eigenvalue weighted by Gasteiger charge is -2.08. The van der Waals surface area contributed by atoms with Crippen LogP contribution in [0.25, 0.3) is 0 Å². The van der Waals surface area contributed by atoms with Crippen LogP contribution < -0.4 is 14.6 Å². The van der Waals surface area contributed by atoms with Gasteiger partial charge in [-0.3, -0.25) is 0 Å². The van der Waals surface area contributed by atoms with Gasteiger partial charge in [0.05, 0.1) is 0 Å². The Balaban J connectivity index is 0.000000231. The molecule has 0 fully saturated rings. The number of para-hydroxylation sites is 1. The van der Waals surface area contributed by atoms with E-state index in [9.17, 15) is 4.79 Å². The van der Waals surface area contributed by atoms with Crippen molar-refractivity contribution in [3.63, 3.8) is 0 Å². The van der Waals surface area contributed by atoms with Gasteiger partial charge in [-0.1, -0.05) is 30.3 Å². The van der Waals surface area contributed by atoms with Crippen molar-refractivity contribution in [2.75, 3.05) is 7.05 Å². The van der Waals surface area contributed by atoms with Crippen LogP contribution in [-0.4, -0.2) is 22.9 Å². The highest BCUT2D eigenvalue weighted by molar-refractivity contribution is 8.06. The molecule has 0 aliphatic rings. The number of hydrogen-bond donors (Lipinski definition) is 3. The van der Waals surface area contributed by atoms with E-state index in [1.165, 1.54) is 7.05 Å². The first-order valence-electron chi connectivity index (χ1n) is 6.56. The maximum Gasteiger partial charge on any atom is 0.412 e. The Kier molecular flexibility index (Phi) is 7.71. The van der Waals surface area contributed by atoms with Crippen molar-refractivity contribution in [3.05, 3.63) is 60.2 Å². The van der Waals surface area contributed by atoms with E-state index in [0.717, 1.165) is 5.56 Å². The number of carbonyl (C=O) groups is 1. The van der Waals surface area contributed by atoms with Crippen molar-refractivity contribution >= 4 is 24.6 Å². The van der Waals surface area contributed by atoms with Gasteiger partial charge >= 0.3 is 12.8 Å². The zero-order valence-electron chi connectivity index (χ0n) is 12.7. The lowest BCUT2D eigenvalue weighted by molar-refractivity contribution is 0.203. The van der Waals surface area contributed by atoms with Crippen LogP contribution >= 0.6 is 6.72 Å². The second kappa shape index (κ2) is 9.27. The van der Waals surface area contributed by atoms with Gasteiger partial charge in [0.2, 0.25) is 0 Å².